The Morgan fingerprint density at radius 3 is 2.66 bits per heavy atom. The number of likely N-dealkylation sites (tertiary alicyclic amines) is 1. The second kappa shape index (κ2) is 7.61. The van der Waals surface area contributed by atoms with Crippen molar-refractivity contribution in [2.75, 3.05) is 11.9 Å². The van der Waals surface area contributed by atoms with Gasteiger partial charge in [0.1, 0.15) is 5.82 Å². The molecular formula is C22H20F3N5O2. The molecule has 5 rings (SSSR count). The van der Waals surface area contributed by atoms with Crippen molar-refractivity contribution in [1.29, 1.82) is 0 Å². The van der Waals surface area contributed by atoms with Crippen LogP contribution in [0.5, 0.6) is 0 Å². The third kappa shape index (κ3) is 3.69. The maximum atomic E-state index is 13.5. The summed E-state index contributed by atoms with van der Waals surface area (Å²) in [5.74, 6) is 1.34. The number of piperidine rings is 1. The summed E-state index contributed by atoms with van der Waals surface area (Å²) in [5, 5.41) is 7.03. The van der Waals surface area contributed by atoms with E-state index in [0.717, 1.165) is 25.1 Å². The topological polar surface area (TPSA) is 84.2 Å². The summed E-state index contributed by atoms with van der Waals surface area (Å²) in [7, 11) is 0. The molecule has 3 atom stereocenters. The van der Waals surface area contributed by atoms with Crippen LogP contribution in [0.15, 0.2) is 47.1 Å². The fraction of sp³-hybridized carbons (Fsp3) is 0.364. The number of alkyl halides is 3. The highest BCUT2D eigenvalue weighted by Crippen LogP contribution is 2.40. The average Bonchev–Trinajstić information content (AvgIpc) is 3.49. The van der Waals surface area contributed by atoms with Crippen LogP contribution < -0.4 is 5.32 Å². The fourth-order valence-electron chi connectivity index (χ4n) is 4.67. The lowest BCUT2D eigenvalue weighted by Crippen LogP contribution is -2.47. The molecule has 2 bridgehead atoms. The molecule has 10 heteroatoms. The van der Waals surface area contributed by atoms with E-state index >= 15 is 0 Å². The summed E-state index contributed by atoms with van der Waals surface area (Å²) < 4.78 is 43.6. The van der Waals surface area contributed by atoms with Crippen molar-refractivity contribution in [2.24, 2.45) is 5.92 Å². The SMILES string of the molecule is Cc1noc(-c2ccccc2C(=O)N2CC3CC(Nc4ccc(C(F)(F)F)cn4)C2C3)n1. The first-order valence-corrected chi connectivity index (χ1v) is 10.3. The predicted octanol–water partition coefficient (Wildman–Crippen LogP) is 4.17. The molecule has 1 N–H and O–H groups in total. The van der Waals surface area contributed by atoms with Crippen molar-refractivity contribution in [2.45, 2.75) is 38.0 Å². The van der Waals surface area contributed by atoms with E-state index in [-0.39, 0.29) is 18.0 Å². The van der Waals surface area contributed by atoms with E-state index in [4.69, 9.17) is 4.52 Å². The van der Waals surface area contributed by atoms with Crippen LogP contribution in [0.2, 0.25) is 0 Å². The number of fused-ring (bicyclic) bond motifs is 2. The normalized spacial score (nSPS) is 22.4. The van der Waals surface area contributed by atoms with E-state index in [9.17, 15) is 18.0 Å². The molecule has 1 aliphatic heterocycles. The lowest BCUT2D eigenvalue weighted by molar-refractivity contribution is -0.137. The van der Waals surface area contributed by atoms with Crippen LogP contribution in [0.3, 0.4) is 0 Å². The van der Waals surface area contributed by atoms with Gasteiger partial charge in [-0.15, -0.1) is 0 Å². The van der Waals surface area contributed by atoms with E-state index in [1.54, 1.807) is 25.1 Å². The van der Waals surface area contributed by atoms with Crippen molar-refractivity contribution in [3.63, 3.8) is 0 Å². The Morgan fingerprint density at radius 1 is 1.19 bits per heavy atom. The van der Waals surface area contributed by atoms with Gasteiger partial charge >= 0.3 is 6.18 Å². The van der Waals surface area contributed by atoms with Gasteiger partial charge in [-0.2, -0.15) is 18.2 Å². The number of aromatic nitrogens is 3. The van der Waals surface area contributed by atoms with E-state index < -0.39 is 11.7 Å². The third-order valence-corrected chi connectivity index (χ3v) is 6.08. The van der Waals surface area contributed by atoms with Gasteiger partial charge in [-0.25, -0.2) is 4.98 Å². The molecule has 2 aliphatic rings. The van der Waals surface area contributed by atoms with Crippen LogP contribution >= 0.6 is 0 Å². The quantitative estimate of drug-likeness (QED) is 0.652. The van der Waals surface area contributed by atoms with Gasteiger partial charge in [0.2, 0.25) is 0 Å². The second-order valence-corrected chi connectivity index (χ2v) is 8.24. The summed E-state index contributed by atoms with van der Waals surface area (Å²) in [6.07, 6.45) is -1.93. The molecule has 0 radical (unpaired) electrons. The van der Waals surface area contributed by atoms with Crippen LogP contribution in [0.25, 0.3) is 11.5 Å². The Bertz CT molecular complexity index is 1140. The molecule has 1 aromatic carbocycles. The van der Waals surface area contributed by atoms with E-state index in [1.165, 1.54) is 6.07 Å². The Hall–Kier alpha value is -3.43. The highest BCUT2D eigenvalue weighted by Gasteiger charge is 2.47. The van der Waals surface area contributed by atoms with Crippen molar-refractivity contribution in [3.05, 3.63) is 59.5 Å². The first kappa shape index (κ1) is 20.5. The van der Waals surface area contributed by atoms with Crippen LogP contribution in [-0.4, -0.2) is 44.6 Å². The van der Waals surface area contributed by atoms with Gasteiger partial charge in [-0.3, -0.25) is 4.79 Å². The molecule has 0 spiro atoms. The summed E-state index contributed by atoms with van der Waals surface area (Å²) >= 11 is 0. The van der Waals surface area contributed by atoms with Gasteiger partial charge in [0.05, 0.1) is 22.7 Å². The maximum Gasteiger partial charge on any atom is 0.417 e. The Labute approximate surface area is 181 Å². The van der Waals surface area contributed by atoms with Gasteiger partial charge in [-0.05, 0) is 49.9 Å². The van der Waals surface area contributed by atoms with E-state index in [1.807, 2.05) is 11.0 Å². The Balaban J connectivity index is 1.35. The molecule has 1 amide bonds. The molecule has 3 unspecified atom stereocenters. The highest BCUT2D eigenvalue weighted by atomic mass is 19.4. The standard InChI is InChI=1S/C22H20F3N5O2/c1-12-27-20(32-29-12)15-4-2-3-5-16(15)21(31)30-11-13-8-17(18(30)9-13)28-19-7-6-14(10-26-19)22(23,24)25/h2-7,10,13,17-18H,8-9,11H2,1H3,(H,26,28). The number of anilines is 1. The number of carbonyl (C=O) groups excluding carboxylic acids is 1. The molecule has 1 saturated heterocycles. The van der Waals surface area contributed by atoms with Gasteiger partial charge in [0, 0.05) is 18.8 Å². The number of halogens is 3. The molecule has 1 saturated carbocycles. The number of hydrogen-bond acceptors (Lipinski definition) is 6. The molecule has 2 aromatic heterocycles. The number of amides is 1. The number of nitrogens with one attached hydrogen (secondary N) is 1. The van der Waals surface area contributed by atoms with Gasteiger partial charge in [-0.1, -0.05) is 17.3 Å². The third-order valence-electron chi connectivity index (χ3n) is 6.08. The minimum absolute atomic E-state index is 0.0749. The number of rotatable bonds is 4. The predicted molar refractivity (Wildman–Crippen MR) is 109 cm³/mol. The van der Waals surface area contributed by atoms with E-state index in [0.29, 0.717) is 41.1 Å². The number of hydrogen-bond donors (Lipinski definition) is 1. The van der Waals surface area contributed by atoms with Crippen LogP contribution in [0.4, 0.5) is 19.0 Å². The summed E-state index contributed by atoms with van der Waals surface area (Å²) in [6.45, 7) is 2.35. The van der Waals surface area contributed by atoms with Gasteiger partial charge in [0.25, 0.3) is 11.8 Å². The van der Waals surface area contributed by atoms with Crippen molar-refractivity contribution in [1.82, 2.24) is 20.0 Å². The second-order valence-electron chi connectivity index (χ2n) is 8.24. The van der Waals surface area contributed by atoms with Crippen LogP contribution in [-0.2, 0) is 6.18 Å². The molecule has 32 heavy (non-hydrogen) atoms. The molecule has 166 valence electrons. The molecule has 3 aromatic rings. The zero-order valence-corrected chi connectivity index (χ0v) is 17.1. The largest absolute Gasteiger partial charge is 0.417 e. The lowest BCUT2D eigenvalue weighted by Gasteiger charge is -2.34. The molecule has 7 nitrogen and oxygen atoms in total. The number of pyridine rings is 1. The lowest BCUT2D eigenvalue weighted by atomic mass is 10.0. The van der Waals surface area contributed by atoms with Crippen molar-refractivity contribution >= 4 is 11.7 Å². The molecular weight excluding hydrogens is 423 g/mol. The molecule has 2 fully saturated rings. The zero-order valence-electron chi connectivity index (χ0n) is 17.1. The number of aryl methyl sites for hydroxylation is 1. The van der Waals surface area contributed by atoms with Gasteiger partial charge < -0.3 is 14.7 Å². The number of carbonyl (C=O) groups is 1. The summed E-state index contributed by atoms with van der Waals surface area (Å²) in [4.78, 5) is 23.4. The van der Waals surface area contributed by atoms with E-state index in [2.05, 4.69) is 20.4 Å². The monoisotopic (exact) mass is 443 g/mol. The van der Waals surface area contributed by atoms with Crippen molar-refractivity contribution < 1.29 is 22.5 Å². The van der Waals surface area contributed by atoms with Crippen LogP contribution in [0.1, 0.15) is 34.6 Å². The Kier molecular flexibility index (Phi) is 4.87. The molecule has 3 heterocycles. The summed E-state index contributed by atoms with van der Waals surface area (Å²) in [5.41, 5.74) is 0.269. The summed E-state index contributed by atoms with van der Waals surface area (Å²) in [6, 6.07) is 9.29. The first-order chi connectivity index (χ1) is 15.3. The molecule has 1 aliphatic carbocycles. The number of nitrogens with zero attached hydrogens (tertiary/aromatic N) is 4. The minimum atomic E-state index is -4.43. The Morgan fingerprint density at radius 2 is 2.00 bits per heavy atom. The van der Waals surface area contributed by atoms with Crippen LogP contribution in [0, 0.1) is 12.8 Å². The smallest absolute Gasteiger partial charge is 0.365 e. The maximum absolute atomic E-state index is 13.5. The van der Waals surface area contributed by atoms with Gasteiger partial charge in [0.15, 0.2) is 5.82 Å². The number of benzene rings is 1. The highest BCUT2D eigenvalue weighted by molar-refractivity contribution is 6.00. The fourth-order valence-corrected chi connectivity index (χ4v) is 4.67. The van der Waals surface area contributed by atoms with Crippen molar-refractivity contribution in [3.8, 4) is 11.5 Å². The average molecular weight is 443 g/mol. The minimum Gasteiger partial charge on any atom is -0.365 e. The first-order valence-electron chi connectivity index (χ1n) is 10.3. The zero-order chi connectivity index (χ0) is 22.5.